The summed E-state index contributed by atoms with van der Waals surface area (Å²) in [5.41, 5.74) is 1.54. The van der Waals surface area contributed by atoms with E-state index in [2.05, 4.69) is 20.5 Å². The molecule has 8 nitrogen and oxygen atoms in total. The number of amides is 1. The number of hydrogen-bond acceptors (Lipinski definition) is 5. The molecule has 0 saturated heterocycles. The molecule has 0 unspecified atom stereocenters. The molecule has 0 spiro atoms. The number of methoxy groups -OCH3 is 1. The second-order valence-electron chi connectivity index (χ2n) is 5.94. The monoisotopic (exact) mass is 354 g/mol. The molecule has 26 heavy (non-hydrogen) atoms. The fraction of sp³-hybridized carbons (Fsp3) is 0.333. The summed E-state index contributed by atoms with van der Waals surface area (Å²) in [6, 6.07) is 7.10. The number of aromatic nitrogens is 5. The van der Waals surface area contributed by atoms with E-state index in [9.17, 15) is 4.79 Å². The number of imidazole rings is 1. The lowest BCUT2D eigenvalue weighted by molar-refractivity contribution is 0.0937. The van der Waals surface area contributed by atoms with E-state index in [1.54, 1.807) is 38.1 Å². The molecular formula is C18H22N6O2. The molecule has 0 saturated carbocycles. The number of hydrogen-bond donors (Lipinski definition) is 1. The summed E-state index contributed by atoms with van der Waals surface area (Å²) < 4.78 is 8.89. The molecule has 136 valence electrons. The number of nitrogens with one attached hydrogen (secondary N) is 1. The Hall–Kier alpha value is -3.00. The van der Waals surface area contributed by atoms with Crippen LogP contribution in [0.1, 0.15) is 35.6 Å². The van der Waals surface area contributed by atoms with Crippen molar-refractivity contribution in [3.63, 3.8) is 0 Å². The highest BCUT2D eigenvalue weighted by atomic mass is 16.5. The Balaban J connectivity index is 1.63. The van der Waals surface area contributed by atoms with Crippen LogP contribution in [0.2, 0.25) is 0 Å². The van der Waals surface area contributed by atoms with Crippen LogP contribution < -0.4 is 5.32 Å². The van der Waals surface area contributed by atoms with Gasteiger partial charge in [0.15, 0.2) is 5.82 Å². The van der Waals surface area contributed by atoms with Gasteiger partial charge in [-0.1, -0.05) is 0 Å². The van der Waals surface area contributed by atoms with Crippen molar-refractivity contribution in [2.75, 3.05) is 13.7 Å². The largest absolute Gasteiger partial charge is 0.385 e. The van der Waals surface area contributed by atoms with Gasteiger partial charge >= 0.3 is 0 Å². The third-order valence-electron chi connectivity index (χ3n) is 4.06. The zero-order chi connectivity index (χ0) is 18.4. The Morgan fingerprint density at radius 2 is 2.08 bits per heavy atom. The van der Waals surface area contributed by atoms with Crippen molar-refractivity contribution in [3.05, 3.63) is 60.7 Å². The lowest BCUT2D eigenvalue weighted by Crippen LogP contribution is -2.28. The van der Waals surface area contributed by atoms with Crippen LogP contribution in [0.4, 0.5) is 0 Å². The van der Waals surface area contributed by atoms with Gasteiger partial charge in [-0.15, -0.1) is 10.2 Å². The fourth-order valence-electron chi connectivity index (χ4n) is 2.69. The van der Waals surface area contributed by atoms with Gasteiger partial charge in [-0.2, -0.15) is 0 Å². The van der Waals surface area contributed by atoms with Gasteiger partial charge in [0.1, 0.15) is 6.33 Å². The van der Waals surface area contributed by atoms with Crippen molar-refractivity contribution >= 4 is 5.91 Å². The highest BCUT2D eigenvalue weighted by Gasteiger charge is 2.16. The van der Waals surface area contributed by atoms with Crippen LogP contribution in [-0.2, 0) is 11.3 Å². The third kappa shape index (κ3) is 4.15. The minimum absolute atomic E-state index is 0.152. The fourth-order valence-corrected chi connectivity index (χ4v) is 2.69. The molecule has 0 fully saturated rings. The topological polar surface area (TPSA) is 86.9 Å². The van der Waals surface area contributed by atoms with Gasteiger partial charge in [-0.25, -0.2) is 4.98 Å². The van der Waals surface area contributed by atoms with Crippen LogP contribution >= 0.6 is 0 Å². The minimum atomic E-state index is -0.249. The van der Waals surface area contributed by atoms with Gasteiger partial charge in [-0.3, -0.25) is 4.79 Å². The average Bonchev–Trinajstić information content (AvgIpc) is 3.34. The standard InChI is InChI=1S/C18H22N6O2/c1-14(17-22-20-13-24(17)9-3-11-26-2)21-18(25)15-4-6-16(7-5-15)23-10-8-19-12-23/h4-8,10,12-14H,3,9,11H2,1-2H3,(H,21,25)/t14-/m0/s1. The molecule has 1 atom stereocenters. The summed E-state index contributed by atoms with van der Waals surface area (Å²) in [7, 11) is 1.67. The highest BCUT2D eigenvalue weighted by molar-refractivity contribution is 5.94. The molecule has 0 aliphatic carbocycles. The summed E-state index contributed by atoms with van der Waals surface area (Å²) in [5, 5.41) is 11.1. The molecule has 2 heterocycles. The summed E-state index contributed by atoms with van der Waals surface area (Å²) in [5.74, 6) is 0.575. The summed E-state index contributed by atoms with van der Waals surface area (Å²) in [6.07, 6.45) is 7.82. The second-order valence-corrected chi connectivity index (χ2v) is 5.94. The van der Waals surface area contributed by atoms with Crippen molar-refractivity contribution in [1.82, 2.24) is 29.6 Å². The first-order valence-electron chi connectivity index (χ1n) is 8.45. The van der Waals surface area contributed by atoms with Gasteiger partial charge < -0.3 is 19.2 Å². The normalized spacial score (nSPS) is 12.1. The number of nitrogens with zero attached hydrogens (tertiary/aromatic N) is 5. The number of carbonyl (C=O) groups excluding carboxylic acids is 1. The Kier molecular flexibility index (Phi) is 5.75. The molecule has 0 aliphatic heterocycles. The SMILES string of the molecule is COCCCn1cnnc1[C@H](C)NC(=O)c1ccc(-n2ccnc2)cc1. The van der Waals surface area contributed by atoms with Gasteiger partial charge in [0.2, 0.25) is 0 Å². The Labute approximate surface area is 151 Å². The number of ether oxygens (including phenoxy) is 1. The number of benzene rings is 1. The molecule has 2 aromatic heterocycles. The van der Waals surface area contributed by atoms with Crippen LogP contribution in [0.3, 0.4) is 0 Å². The second kappa shape index (κ2) is 8.39. The molecule has 0 aliphatic rings. The predicted molar refractivity (Wildman–Crippen MR) is 96.0 cm³/mol. The quantitative estimate of drug-likeness (QED) is 0.625. The van der Waals surface area contributed by atoms with Gasteiger partial charge in [0.05, 0.1) is 12.4 Å². The number of carbonyl (C=O) groups is 1. The maximum absolute atomic E-state index is 12.5. The molecule has 8 heteroatoms. The van der Waals surface area contributed by atoms with Crippen molar-refractivity contribution in [2.24, 2.45) is 0 Å². The maximum atomic E-state index is 12.5. The number of rotatable bonds is 8. The third-order valence-corrected chi connectivity index (χ3v) is 4.06. The molecule has 3 aromatic rings. The van der Waals surface area contributed by atoms with Crippen LogP contribution in [0, 0.1) is 0 Å². The molecule has 1 aromatic carbocycles. The van der Waals surface area contributed by atoms with E-state index in [0.717, 1.165) is 24.5 Å². The number of aryl methyl sites for hydroxylation is 1. The van der Waals surface area contributed by atoms with Crippen LogP contribution in [-0.4, -0.2) is 43.9 Å². The minimum Gasteiger partial charge on any atom is -0.385 e. The zero-order valence-electron chi connectivity index (χ0n) is 14.9. The average molecular weight is 354 g/mol. The maximum Gasteiger partial charge on any atom is 0.251 e. The Morgan fingerprint density at radius 3 is 2.77 bits per heavy atom. The first kappa shape index (κ1) is 17.8. The molecule has 0 bridgehead atoms. The first-order valence-corrected chi connectivity index (χ1v) is 8.45. The van der Waals surface area contributed by atoms with Crippen LogP contribution in [0.5, 0.6) is 0 Å². The van der Waals surface area contributed by atoms with Crippen molar-refractivity contribution in [3.8, 4) is 5.69 Å². The van der Waals surface area contributed by atoms with E-state index in [-0.39, 0.29) is 11.9 Å². The van der Waals surface area contributed by atoms with E-state index >= 15 is 0 Å². The molecular weight excluding hydrogens is 332 g/mol. The van der Waals surface area contributed by atoms with Crippen molar-refractivity contribution in [1.29, 1.82) is 0 Å². The molecule has 1 N–H and O–H groups in total. The van der Waals surface area contributed by atoms with Crippen molar-refractivity contribution < 1.29 is 9.53 Å². The van der Waals surface area contributed by atoms with Crippen molar-refractivity contribution in [2.45, 2.75) is 25.9 Å². The summed E-state index contributed by atoms with van der Waals surface area (Å²) >= 11 is 0. The smallest absolute Gasteiger partial charge is 0.251 e. The van der Waals surface area contributed by atoms with Gasteiger partial charge in [0.25, 0.3) is 5.91 Å². The zero-order valence-corrected chi connectivity index (χ0v) is 14.9. The Morgan fingerprint density at radius 1 is 1.27 bits per heavy atom. The lowest BCUT2D eigenvalue weighted by atomic mass is 10.1. The van der Waals surface area contributed by atoms with E-state index < -0.39 is 0 Å². The lowest BCUT2D eigenvalue weighted by Gasteiger charge is -2.15. The molecule has 0 radical (unpaired) electrons. The highest BCUT2D eigenvalue weighted by Crippen LogP contribution is 2.13. The van der Waals surface area contributed by atoms with Gasteiger partial charge in [-0.05, 0) is 37.6 Å². The van der Waals surface area contributed by atoms with E-state index in [1.807, 2.05) is 34.4 Å². The Bertz CT molecular complexity index is 826. The van der Waals surface area contributed by atoms with E-state index in [1.165, 1.54) is 0 Å². The summed E-state index contributed by atoms with van der Waals surface area (Å²) in [4.78, 5) is 16.5. The van der Waals surface area contributed by atoms with Crippen LogP contribution in [0.25, 0.3) is 5.69 Å². The van der Waals surface area contributed by atoms with Gasteiger partial charge in [0, 0.05) is 43.9 Å². The summed E-state index contributed by atoms with van der Waals surface area (Å²) in [6.45, 7) is 3.31. The van der Waals surface area contributed by atoms with E-state index in [4.69, 9.17) is 4.74 Å². The first-order chi connectivity index (χ1) is 12.7. The van der Waals surface area contributed by atoms with E-state index in [0.29, 0.717) is 12.2 Å². The predicted octanol–water partition coefficient (Wildman–Crippen LogP) is 1.99. The molecule has 1 amide bonds. The van der Waals surface area contributed by atoms with Crippen LogP contribution in [0.15, 0.2) is 49.3 Å². The molecule has 3 rings (SSSR count).